The van der Waals surface area contributed by atoms with E-state index < -0.39 is 0 Å². The molecular weight excluding hydrogens is 476 g/mol. The first kappa shape index (κ1) is 34.4. The Labute approximate surface area is 214 Å². The molecule has 0 N–H and O–H groups in total. The average Bonchev–Trinajstić information content (AvgIpc) is 3.80. The van der Waals surface area contributed by atoms with Crippen molar-refractivity contribution in [2.45, 2.75) is 25.7 Å². The number of isocyanates is 2. The largest absolute Gasteiger partial charge is 0.377 e. The van der Waals surface area contributed by atoms with E-state index in [4.69, 9.17) is 0 Å². The van der Waals surface area contributed by atoms with Gasteiger partial charge in [0.25, 0.3) is 0 Å². The summed E-state index contributed by atoms with van der Waals surface area (Å²) < 4.78 is 36.0. The molecule has 8 rings (SSSR count). The standard InChI is InChI=1S/C8H12N2O2.8C2H4O/c11-7-9-5-3-1-2-4-6-10-8-12;8*1-2-3-1/h1-6H2;8*1-2H2. The van der Waals surface area contributed by atoms with Crippen molar-refractivity contribution in [2.75, 3.05) is 119 Å². The lowest BCUT2D eigenvalue weighted by Crippen LogP contribution is -1.84. The molecule has 36 heavy (non-hydrogen) atoms. The van der Waals surface area contributed by atoms with Gasteiger partial charge in [0.2, 0.25) is 12.2 Å². The highest BCUT2D eigenvalue weighted by atomic mass is 16.6. The first-order chi connectivity index (χ1) is 17.9. The average molecular weight is 521 g/mol. The van der Waals surface area contributed by atoms with Crippen LogP contribution >= 0.6 is 0 Å². The van der Waals surface area contributed by atoms with Crippen LogP contribution in [0.1, 0.15) is 25.7 Å². The summed E-state index contributed by atoms with van der Waals surface area (Å²) in [7, 11) is 0. The van der Waals surface area contributed by atoms with Crippen molar-refractivity contribution >= 4 is 12.2 Å². The topological polar surface area (TPSA) is 159 Å². The molecule has 0 bridgehead atoms. The van der Waals surface area contributed by atoms with E-state index in [1.54, 1.807) is 0 Å². The van der Waals surface area contributed by atoms with Gasteiger partial charge in [-0.25, -0.2) is 19.6 Å². The number of epoxide rings is 8. The molecule has 0 atom stereocenters. The minimum atomic E-state index is 0.556. The monoisotopic (exact) mass is 520 g/mol. The van der Waals surface area contributed by atoms with Crippen LogP contribution < -0.4 is 0 Å². The number of ether oxygens (including phenoxy) is 8. The summed E-state index contributed by atoms with van der Waals surface area (Å²) in [5.74, 6) is 0. The number of unbranched alkanes of at least 4 members (excludes halogenated alkanes) is 3. The van der Waals surface area contributed by atoms with Gasteiger partial charge < -0.3 is 37.9 Å². The quantitative estimate of drug-likeness (QED) is 0.207. The van der Waals surface area contributed by atoms with Crippen LogP contribution in [-0.4, -0.2) is 131 Å². The summed E-state index contributed by atoms with van der Waals surface area (Å²) in [6, 6.07) is 0. The highest BCUT2D eigenvalue weighted by molar-refractivity contribution is 5.32. The summed E-state index contributed by atoms with van der Waals surface area (Å²) >= 11 is 0. The number of rotatable bonds is 7. The second-order valence-corrected chi connectivity index (χ2v) is 7.26. The van der Waals surface area contributed by atoms with E-state index in [2.05, 4.69) is 47.9 Å². The van der Waals surface area contributed by atoms with Gasteiger partial charge in [-0.1, -0.05) is 12.8 Å². The first-order valence-electron chi connectivity index (χ1n) is 12.6. The summed E-state index contributed by atoms with van der Waals surface area (Å²) in [5.41, 5.74) is 0. The fourth-order valence-electron chi connectivity index (χ4n) is 0.827. The van der Waals surface area contributed by atoms with Crippen molar-refractivity contribution < 1.29 is 47.5 Å². The van der Waals surface area contributed by atoms with Gasteiger partial charge in [0.1, 0.15) is 0 Å². The van der Waals surface area contributed by atoms with Gasteiger partial charge in [0.15, 0.2) is 0 Å². The summed E-state index contributed by atoms with van der Waals surface area (Å²) in [4.78, 5) is 26.1. The van der Waals surface area contributed by atoms with Crippen molar-refractivity contribution in [3.63, 3.8) is 0 Å². The van der Waals surface area contributed by atoms with Crippen LogP contribution in [-0.2, 0) is 47.5 Å². The maximum absolute atomic E-state index is 9.63. The van der Waals surface area contributed by atoms with Gasteiger partial charge in [0.05, 0.1) is 119 Å². The molecule has 0 aromatic carbocycles. The first-order valence-corrected chi connectivity index (χ1v) is 12.6. The molecule has 12 nitrogen and oxygen atoms in total. The number of hydrogen-bond donors (Lipinski definition) is 0. The second kappa shape index (κ2) is 33.4. The molecule has 210 valence electrons. The Morgan fingerprint density at radius 3 is 0.639 bits per heavy atom. The number of aliphatic imine (C=N–C) groups is 2. The lowest BCUT2D eigenvalue weighted by Gasteiger charge is -1.93. The molecule has 0 spiro atoms. The van der Waals surface area contributed by atoms with E-state index >= 15 is 0 Å². The zero-order valence-corrected chi connectivity index (χ0v) is 21.5. The zero-order chi connectivity index (χ0) is 26.0. The van der Waals surface area contributed by atoms with E-state index in [9.17, 15) is 9.59 Å². The van der Waals surface area contributed by atoms with E-state index in [-0.39, 0.29) is 0 Å². The Kier molecular flexibility index (Phi) is 32.0. The minimum Gasteiger partial charge on any atom is -0.377 e. The molecule has 8 fully saturated rings. The van der Waals surface area contributed by atoms with Crippen LogP contribution in [0.3, 0.4) is 0 Å². The maximum Gasteiger partial charge on any atom is 0.234 e. The Bertz CT molecular complexity index is 397. The van der Waals surface area contributed by atoms with E-state index in [0.717, 1.165) is 131 Å². The van der Waals surface area contributed by atoms with Gasteiger partial charge in [-0.15, -0.1) is 0 Å². The van der Waals surface area contributed by atoms with E-state index in [0.29, 0.717) is 13.1 Å². The van der Waals surface area contributed by atoms with Gasteiger partial charge >= 0.3 is 0 Å². The van der Waals surface area contributed by atoms with E-state index in [1.807, 2.05) is 0 Å². The van der Waals surface area contributed by atoms with Crippen LogP contribution in [0.4, 0.5) is 0 Å². The summed E-state index contributed by atoms with van der Waals surface area (Å²) in [6.07, 6.45) is 6.80. The predicted octanol–water partition coefficient (Wildman–Crippen LogP) is 1.35. The number of nitrogens with zero attached hydrogens (tertiary/aromatic N) is 2. The molecule has 0 aromatic heterocycles. The number of hydrogen-bond acceptors (Lipinski definition) is 12. The van der Waals surface area contributed by atoms with Crippen molar-refractivity contribution in [1.82, 2.24) is 0 Å². The lowest BCUT2D eigenvalue weighted by molar-refractivity contribution is 0.475. The Morgan fingerprint density at radius 2 is 0.528 bits per heavy atom. The van der Waals surface area contributed by atoms with Gasteiger partial charge in [-0.05, 0) is 12.8 Å². The summed E-state index contributed by atoms with van der Waals surface area (Å²) in [5, 5.41) is 0. The third-order valence-corrected chi connectivity index (χ3v) is 3.05. The molecule has 12 heteroatoms. The Hall–Kier alpha value is -1.56. The van der Waals surface area contributed by atoms with Crippen molar-refractivity contribution in [3.8, 4) is 0 Å². The molecular formula is C24H44N2O10. The van der Waals surface area contributed by atoms with Crippen LogP contribution in [0.5, 0.6) is 0 Å². The lowest BCUT2D eigenvalue weighted by atomic mass is 10.2. The highest BCUT2D eigenvalue weighted by Crippen LogP contribution is 1.99. The van der Waals surface area contributed by atoms with Crippen molar-refractivity contribution in [2.24, 2.45) is 9.98 Å². The summed E-state index contributed by atoms with van der Waals surface area (Å²) in [6.45, 7) is 17.1. The second-order valence-electron chi connectivity index (χ2n) is 7.26. The van der Waals surface area contributed by atoms with Gasteiger partial charge in [-0.2, -0.15) is 0 Å². The van der Waals surface area contributed by atoms with Crippen LogP contribution in [0.2, 0.25) is 0 Å². The molecule has 8 aliphatic rings. The highest BCUT2D eigenvalue weighted by Gasteiger charge is 1.96. The van der Waals surface area contributed by atoms with Gasteiger partial charge in [0, 0.05) is 0 Å². The fraction of sp³-hybridized carbons (Fsp3) is 0.917. The molecule has 0 aromatic rings. The molecule has 8 saturated heterocycles. The third-order valence-electron chi connectivity index (χ3n) is 3.05. The molecule has 0 saturated carbocycles. The van der Waals surface area contributed by atoms with E-state index in [1.165, 1.54) is 12.2 Å². The maximum atomic E-state index is 9.63. The normalized spacial score (nSPS) is 18.8. The fourth-order valence-corrected chi connectivity index (χ4v) is 0.827. The van der Waals surface area contributed by atoms with Crippen molar-refractivity contribution in [1.29, 1.82) is 0 Å². The van der Waals surface area contributed by atoms with Crippen LogP contribution in [0.15, 0.2) is 9.98 Å². The SMILES string of the molecule is C1CO1.C1CO1.C1CO1.C1CO1.C1CO1.C1CO1.C1CO1.C1CO1.O=C=NCCCCCCN=C=O. The molecule has 8 heterocycles. The molecule has 0 unspecified atom stereocenters. The third kappa shape index (κ3) is 135. The number of carbonyl (C=O) groups excluding carboxylic acids is 2. The van der Waals surface area contributed by atoms with Crippen molar-refractivity contribution in [3.05, 3.63) is 0 Å². The molecule has 0 aliphatic carbocycles. The Morgan fingerprint density at radius 1 is 0.361 bits per heavy atom. The molecule has 0 amide bonds. The van der Waals surface area contributed by atoms with Crippen LogP contribution in [0.25, 0.3) is 0 Å². The molecule has 0 radical (unpaired) electrons. The molecule has 8 aliphatic heterocycles. The zero-order valence-electron chi connectivity index (χ0n) is 21.5. The smallest absolute Gasteiger partial charge is 0.234 e. The predicted molar refractivity (Wildman–Crippen MR) is 131 cm³/mol. The van der Waals surface area contributed by atoms with Crippen LogP contribution in [0, 0.1) is 0 Å². The Balaban J connectivity index is 0.000000415. The van der Waals surface area contributed by atoms with Gasteiger partial charge in [-0.3, -0.25) is 0 Å². The minimum absolute atomic E-state index is 0.556.